The van der Waals surface area contributed by atoms with Crippen LogP contribution in [-0.2, 0) is 0 Å². The van der Waals surface area contributed by atoms with E-state index in [1.165, 1.54) is 45.2 Å². The summed E-state index contributed by atoms with van der Waals surface area (Å²) in [5.74, 6) is 0. The smallest absolute Gasteiger partial charge is 0.0160 e. The van der Waals surface area contributed by atoms with Gasteiger partial charge in [-0.2, -0.15) is 0 Å². The molecule has 0 heterocycles. The minimum Gasteiger partial charge on any atom is -0.330 e. The van der Waals surface area contributed by atoms with Crippen LogP contribution in [0.15, 0.2) is 12.7 Å². The van der Waals surface area contributed by atoms with E-state index in [1.54, 1.807) is 0 Å². The van der Waals surface area contributed by atoms with E-state index in [4.69, 9.17) is 5.73 Å². The number of rotatable bonds is 7. The van der Waals surface area contributed by atoms with Crippen molar-refractivity contribution in [2.75, 3.05) is 26.2 Å². The molecule has 0 aromatic rings. The van der Waals surface area contributed by atoms with Crippen LogP contribution in [0.1, 0.15) is 39.0 Å². The zero-order valence-corrected chi connectivity index (χ0v) is 10.2. The largest absolute Gasteiger partial charge is 0.330 e. The van der Waals surface area contributed by atoms with Crippen LogP contribution >= 0.6 is 0 Å². The first kappa shape index (κ1) is 12.7. The number of nitrogens with zero attached hydrogens (tertiary/aromatic N) is 1. The third-order valence-electron chi connectivity index (χ3n) is 3.58. The highest BCUT2D eigenvalue weighted by Gasteiger charge is 2.33. The first-order chi connectivity index (χ1) is 7.26. The topological polar surface area (TPSA) is 29.3 Å². The average Bonchev–Trinajstić information content (AvgIpc) is 2.68. The van der Waals surface area contributed by atoms with Gasteiger partial charge >= 0.3 is 0 Å². The summed E-state index contributed by atoms with van der Waals surface area (Å²) in [6.45, 7) is 10.3. The zero-order chi connectivity index (χ0) is 11.1. The molecule has 15 heavy (non-hydrogen) atoms. The fourth-order valence-corrected chi connectivity index (χ4v) is 2.76. The lowest BCUT2D eigenvalue weighted by molar-refractivity contribution is 0.170. The molecule has 0 aromatic heterocycles. The minimum absolute atomic E-state index is 0.415. The van der Waals surface area contributed by atoms with Gasteiger partial charge in [0.25, 0.3) is 0 Å². The summed E-state index contributed by atoms with van der Waals surface area (Å²) in [4.78, 5) is 2.51. The molecule has 0 amide bonds. The van der Waals surface area contributed by atoms with Gasteiger partial charge in [0.05, 0.1) is 0 Å². The molecule has 0 atom stereocenters. The van der Waals surface area contributed by atoms with E-state index in [-0.39, 0.29) is 0 Å². The number of hydrogen-bond donors (Lipinski definition) is 1. The summed E-state index contributed by atoms with van der Waals surface area (Å²) >= 11 is 0. The van der Waals surface area contributed by atoms with Gasteiger partial charge in [0, 0.05) is 13.1 Å². The maximum atomic E-state index is 5.96. The quantitative estimate of drug-likeness (QED) is 0.654. The molecule has 1 aliphatic rings. The molecule has 2 nitrogen and oxygen atoms in total. The van der Waals surface area contributed by atoms with E-state index < -0.39 is 0 Å². The van der Waals surface area contributed by atoms with Crippen molar-refractivity contribution in [2.45, 2.75) is 39.0 Å². The Balaban J connectivity index is 2.49. The summed E-state index contributed by atoms with van der Waals surface area (Å²) in [7, 11) is 0. The molecule has 88 valence electrons. The maximum absolute atomic E-state index is 5.96. The van der Waals surface area contributed by atoms with E-state index >= 15 is 0 Å². The van der Waals surface area contributed by atoms with Crippen LogP contribution in [-0.4, -0.2) is 31.1 Å². The van der Waals surface area contributed by atoms with Gasteiger partial charge in [-0.25, -0.2) is 0 Å². The second-order valence-electron chi connectivity index (χ2n) is 4.94. The fourth-order valence-electron chi connectivity index (χ4n) is 2.76. The number of nitrogens with two attached hydrogens (primary N) is 1. The molecule has 0 unspecified atom stereocenters. The highest BCUT2D eigenvalue weighted by molar-refractivity contribution is 4.89. The molecular formula is C13H26N2. The molecule has 0 aliphatic heterocycles. The van der Waals surface area contributed by atoms with Crippen LogP contribution in [0.2, 0.25) is 0 Å². The third-order valence-corrected chi connectivity index (χ3v) is 3.58. The predicted octanol–water partition coefficient (Wildman–Crippen LogP) is 2.40. The third kappa shape index (κ3) is 3.62. The lowest BCUT2D eigenvalue weighted by atomic mass is 9.85. The summed E-state index contributed by atoms with van der Waals surface area (Å²) in [5.41, 5.74) is 6.37. The molecule has 0 saturated heterocycles. The molecule has 1 rings (SSSR count). The number of hydrogen-bond acceptors (Lipinski definition) is 2. The molecule has 1 aliphatic carbocycles. The molecule has 0 radical (unpaired) electrons. The van der Waals surface area contributed by atoms with Gasteiger partial charge in [0.15, 0.2) is 0 Å². The molecule has 1 saturated carbocycles. The minimum atomic E-state index is 0.415. The lowest BCUT2D eigenvalue weighted by Gasteiger charge is -2.34. The summed E-state index contributed by atoms with van der Waals surface area (Å²) < 4.78 is 0. The highest BCUT2D eigenvalue weighted by Crippen LogP contribution is 2.37. The normalized spacial score (nSPS) is 19.7. The second kappa shape index (κ2) is 6.29. The first-order valence-corrected chi connectivity index (χ1v) is 6.29. The van der Waals surface area contributed by atoms with Crippen molar-refractivity contribution < 1.29 is 0 Å². The van der Waals surface area contributed by atoms with Crippen molar-refractivity contribution in [1.82, 2.24) is 4.90 Å². The van der Waals surface area contributed by atoms with Gasteiger partial charge in [0.2, 0.25) is 0 Å². The first-order valence-electron chi connectivity index (χ1n) is 6.29. The van der Waals surface area contributed by atoms with Crippen molar-refractivity contribution in [3.63, 3.8) is 0 Å². The van der Waals surface area contributed by atoms with Gasteiger partial charge in [0.1, 0.15) is 0 Å². The molecule has 0 bridgehead atoms. The molecule has 1 fully saturated rings. The van der Waals surface area contributed by atoms with Gasteiger partial charge in [-0.15, -0.1) is 6.58 Å². The van der Waals surface area contributed by atoms with Crippen molar-refractivity contribution >= 4 is 0 Å². The Morgan fingerprint density at radius 3 is 2.53 bits per heavy atom. The van der Waals surface area contributed by atoms with E-state index in [0.717, 1.165) is 13.1 Å². The average molecular weight is 210 g/mol. The van der Waals surface area contributed by atoms with Crippen LogP contribution in [0, 0.1) is 5.41 Å². The Kier molecular flexibility index (Phi) is 5.34. The standard InChI is InChI=1S/C13H26N2/c1-3-9-15(10-4-2)12-13(11-14)7-5-6-8-13/h3H,1,4-12,14H2,2H3. The maximum Gasteiger partial charge on any atom is 0.0160 e. The molecule has 2 heteroatoms. The van der Waals surface area contributed by atoms with E-state index in [2.05, 4.69) is 18.4 Å². The predicted molar refractivity (Wildman–Crippen MR) is 66.9 cm³/mol. The van der Waals surface area contributed by atoms with Crippen LogP contribution in [0.25, 0.3) is 0 Å². The Hall–Kier alpha value is -0.340. The van der Waals surface area contributed by atoms with E-state index in [1.807, 2.05) is 6.08 Å². The van der Waals surface area contributed by atoms with Crippen LogP contribution < -0.4 is 5.73 Å². The van der Waals surface area contributed by atoms with Crippen LogP contribution in [0.5, 0.6) is 0 Å². The van der Waals surface area contributed by atoms with E-state index in [0.29, 0.717) is 5.41 Å². The summed E-state index contributed by atoms with van der Waals surface area (Å²) in [6.07, 6.45) is 8.60. The second-order valence-corrected chi connectivity index (χ2v) is 4.94. The van der Waals surface area contributed by atoms with Gasteiger partial charge < -0.3 is 5.73 Å². The van der Waals surface area contributed by atoms with Crippen molar-refractivity contribution in [1.29, 1.82) is 0 Å². The lowest BCUT2D eigenvalue weighted by Crippen LogP contribution is -2.41. The molecule has 0 aromatic carbocycles. The molecule has 0 spiro atoms. The van der Waals surface area contributed by atoms with Gasteiger partial charge in [-0.3, -0.25) is 4.90 Å². The Morgan fingerprint density at radius 1 is 1.40 bits per heavy atom. The summed E-state index contributed by atoms with van der Waals surface area (Å²) in [6, 6.07) is 0. The van der Waals surface area contributed by atoms with Gasteiger partial charge in [-0.1, -0.05) is 25.8 Å². The summed E-state index contributed by atoms with van der Waals surface area (Å²) in [5, 5.41) is 0. The Bertz CT molecular complexity index is 183. The van der Waals surface area contributed by atoms with Crippen LogP contribution in [0.3, 0.4) is 0 Å². The highest BCUT2D eigenvalue weighted by atomic mass is 15.1. The van der Waals surface area contributed by atoms with Gasteiger partial charge in [-0.05, 0) is 37.8 Å². The molecular weight excluding hydrogens is 184 g/mol. The SMILES string of the molecule is C=CCN(CCC)CC1(CN)CCCC1. The van der Waals surface area contributed by atoms with Crippen molar-refractivity contribution in [3.8, 4) is 0 Å². The zero-order valence-electron chi connectivity index (χ0n) is 10.2. The Morgan fingerprint density at radius 2 is 2.07 bits per heavy atom. The van der Waals surface area contributed by atoms with Crippen molar-refractivity contribution in [2.24, 2.45) is 11.1 Å². The Labute approximate surface area is 94.5 Å². The molecule has 2 N–H and O–H groups in total. The monoisotopic (exact) mass is 210 g/mol. The van der Waals surface area contributed by atoms with Crippen LogP contribution in [0.4, 0.5) is 0 Å². The van der Waals surface area contributed by atoms with Crippen molar-refractivity contribution in [3.05, 3.63) is 12.7 Å². The fraction of sp³-hybridized carbons (Fsp3) is 0.846. The van der Waals surface area contributed by atoms with E-state index in [9.17, 15) is 0 Å².